The standard InChI is InChI=1S/C14H21NO3.ClH/c1-3-16-13-6-4-5-7-14(13)18-11-12-10-15(2)8-9-17-12;/h4-7,12H,3,8-11H2,1-2H3;1H. The first kappa shape index (κ1) is 16.1. The molecule has 0 bridgehead atoms. The van der Waals surface area contributed by atoms with Gasteiger partial charge in [-0.2, -0.15) is 0 Å². The molecule has 5 heteroatoms. The predicted octanol–water partition coefficient (Wildman–Crippen LogP) is 2.22. The Kier molecular flexibility index (Phi) is 6.99. The molecule has 0 amide bonds. The van der Waals surface area contributed by atoms with E-state index in [0.717, 1.165) is 31.2 Å². The lowest BCUT2D eigenvalue weighted by Crippen LogP contribution is -2.42. The molecule has 1 saturated heterocycles. The van der Waals surface area contributed by atoms with Crippen molar-refractivity contribution in [2.75, 3.05) is 40.0 Å². The number of para-hydroxylation sites is 2. The summed E-state index contributed by atoms with van der Waals surface area (Å²) in [5, 5.41) is 0. The molecule has 1 atom stereocenters. The summed E-state index contributed by atoms with van der Waals surface area (Å²) in [6.07, 6.45) is 0.137. The summed E-state index contributed by atoms with van der Waals surface area (Å²) in [5.74, 6) is 1.58. The van der Waals surface area contributed by atoms with Gasteiger partial charge in [-0.15, -0.1) is 12.4 Å². The van der Waals surface area contributed by atoms with Crippen LogP contribution in [0.3, 0.4) is 0 Å². The summed E-state index contributed by atoms with van der Waals surface area (Å²) >= 11 is 0. The number of morpholine rings is 1. The van der Waals surface area contributed by atoms with E-state index >= 15 is 0 Å². The van der Waals surface area contributed by atoms with Crippen LogP contribution in [0.1, 0.15) is 6.92 Å². The van der Waals surface area contributed by atoms with E-state index in [4.69, 9.17) is 14.2 Å². The van der Waals surface area contributed by atoms with E-state index in [0.29, 0.717) is 13.2 Å². The molecule has 2 rings (SSSR count). The molecule has 1 fully saturated rings. The SMILES string of the molecule is CCOc1ccccc1OCC1CN(C)CCO1.Cl. The highest BCUT2D eigenvalue weighted by molar-refractivity contribution is 5.85. The van der Waals surface area contributed by atoms with Gasteiger partial charge in [-0.05, 0) is 26.1 Å². The number of hydrogen-bond acceptors (Lipinski definition) is 4. The van der Waals surface area contributed by atoms with Crippen molar-refractivity contribution in [3.05, 3.63) is 24.3 Å². The van der Waals surface area contributed by atoms with Gasteiger partial charge in [0.15, 0.2) is 11.5 Å². The van der Waals surface area contributed by atoms with Crippen LogP contribution < -0.4 is 9.47 Å². The minimum atomic E-state index is 0. The van der Waals surface area contributed by atoms with Gasteiger partial charge in [0, 0.05) is 13.1 Å². The van der Waals surface area contributed by atoms with Crippen LogP contribution in [0.4, 0.5) is 0 Å². The van der Waals surface area contributed by atoms with Crippen molar-refractivity contribution >= 4 is 12.4 Å². The molecule has 4 nitrogen and oxygen atoms in total. The van der Waals surface area contributed by atoms with Crippen molar-refractivity contribution in [2.45, 2.75) is 13.0 Å². The number of halogens is 1. The number of hydrogen-bond donors (Lipinski definition) is 0. The largest absolute Gasteiger partial charge is 0.490 e. The Labute approximate surface area is 121 Å². The Balaban J connectivity index is 0.00000180. The first-order valence-electron chi connectivity index (χ1n) is 6.44. The van der Waals surface area contributed by atoms with E-state index in [1.54, 1.807) is 0 Å². The predicted molar refractivity (Wildman–Crippen MR) is 77.6 cm³/mol. The molecule has 0 spiro atoms. The maximum atomic E-state index is 5.80. The quantitative estimate of drug-likeness (QED) is 0.831. The van der Waals surface area contributed by atoms with Crippen LogP contribution in [0.5, 0.6) is 11.5 Å². The molecule has 0 aromatic heterocycles. The Morgan fingerprint density at radius 3 is 2.58 bits per heavy atom. The van der Waals surface area contributed by atoms with Crippen LogP contribution in [0.2, 0.25) is 0 Å². The Morgan fingerprint density at radius 2 is 1.95 bits per heavy atom. The smallest absolute Gasteiger partial charge is 0.161 e. The fourth-order valence-corrected chi connectivity index (χ4v) is 1.99. The van der Waals surface area contributed by atoms with Gasteiger partial charge in [-0.25, -0.2) is 0 Å². The number of rotatable bonds is 5. The average Bonchev–Trinajstić information content (AvgIpc) is 2.38. The lowest BCUT2D eigenvalue weighted by Gasteiger charge is -2.29. The zero-order chi connectivity index (χ0) is 12.8. The van der Waals surface area contributed by atoms with E-state index in [9.17, 15) is 0 Å². The van der Waals surface area contributed by atoms with Crippen molar-refractivity contribution in [3.63, 3.8) is 0 Å². The third-order valence-corrected chi connectivity index (χ3v) is 2.92. The van der Waals surface area contributed by atoms with E-state index in [1.807, 2.05) is 31.2 Å². The third kappa shape index (κ3) is 4.90. The van der Waals surface area contributed by atoms with Crippen molar-refractivity contribution < 1.29 is 14.2 Å². The zero-order valence-electron chi connectivity index (χ0n) is 11.5. The minimum absolute atomic E-state index is 0. The number of likely N-dealkylation sites (N-methyl/N-ethyl adjacent to an activating group) is 1. The summed E-state index contributed by atoms with van der Waals surface area (Å²) in [6.45, 7) is 5.86. The molecule has 1 aliphatic rings. The molecule has 19 heavy (non-hydrogen) atoms. The molecule has 0 N–H and O–H groups in total. The maximum absolute atomic E-state index is 5.80. The van der Waals surface area contributed by atoms with Gasteiger partial charge in [0.1, 0.15) is 12.7 Å². The topological polar surface area (TPSA) is 30.9 Å². The van der Waals surface area contributed by atoms with Crippen LogP contribution in [-0.2, 0) is 4.74 Å². The second-order valence-electron chi connectivity index (χ2n) is 4.45. The maximum Gasteiger partial charge on any atom is 0.161 e. The highest BCUT2D eigenvalue weighted by Crippen LogP contribution is 2.26. The van der Waals surface area contributed by atoms with Gasteiger partial charge >= 0.3 is 0 Å². The van der Waals surface area contributed by atoms with Gasteiger partial charge in [-0.1, -0.05) is 12.1 Å². The number of nitrogens with zero attached hydrogens (tertiary/aromatic N) is 1. The Morgan fingerprint density at radius 1 is 1.26 bits per heavy atom. The van der Waals surface area contributed by atoms with Gasteiger partial charge in [-0.3, -0.25) is 0 Å². The molecule has 108 valence electrons. The van der Waals surface area contributed by atoms with Crippen molar-refractivity contribution in [1.29, 1.82) is 0 Å². The second kappa shape index (κ2) is 8.25. The lowest BCUT2D eigenvalue weighted by molar-refractivity contribution is -0.0406. The molecule has 1 aliphatic heterocycles. The van der Waals surface area contributed by atoms with Gasteiger partial charge in [0.2, 0.25) is 0 Å². The van der Waals surface area contributed by atoms with Crippen molar-refractivity contribution in [1.82, 2.24) is 4.90 Å². The first-order chi connectivity index (χ1) is 8.79. The molecular weight excluding hydrogens is 266 g/mol. The normalized spacial score (nSPS) is 19.6. The minimum Gasteiger partial charge on any atom is -0.490 e. The fraction of sp³-hybridized carbons (Fsp3) is 0.571. The van der Waals surface area contributed by atoms with Crippen LogP contribution in [0.25, 0.3) is 0 Å². The van der Waals surface area contributed by atoms with E-state index < -0.39 is 0 Å². The van der Waals surface area contributed by atoms with Crippen LogP contribution in [0, 0.1) is 0 Å². The molecule has 1 heterocycles. The summed E-state index contributed by atoms with van der Waals surface area (Å²) in [4.78, 5) is 2.26. The lowest BCUT2D eigenvalue weighted by atomic mass is 10.3. The summed E-state index contributed by atoms with van der Waals surface area (Å²) in [5.41, 5.74) is 0. The number of benzene rings is 1. The van der Waals surface area contributed by atoms with Gasteiger partial charge in [0.05, 0.1) is 13.2 Å². The van der Waals surface area contributed by atoms with E-state index in [2.05, 4.69) is 11.9 Å². The summed E-state index contributed by atoms with van der Waals surface area (Å²) < 4.78 is 17.0. The second-order valence-corrected chi connectivity index (χ2v) is 4.45. The highest BCUT2D eigenvalue weighted by Gasteiger charge is 2.18. The van der Waals surface area contributed by atoms with Crippen molar-refractivity contribution in [3.8, 4) is 11.5 Å². The molecule has 1 aromatic rings. The number of ether oxygens (including phenoxy) is 3. The highest BCUT2D eigenvalue weighted by atomic mass is 35.5. The molecule has 0 saturated carbocycles. The first-order valence-corrected chi connectivity index (χ1v) is 6.44. The Bertz CT molecular complexity index is 375. The molecular formula is C14H22ClNO3. The third-order valence-electron chi connectivity index (χ3n) is 2.92. The molecule has 1 aromatic carbocycles. The monoisotopic (exact) mass is 287 g/mol. The van der Waals surface area contributed by atoms with E-state index in [1.165, 1.54) is 0 Å². The summed E-state index contributed by atoms with van der Waals surface area (Å²) in [7, 11) is 2.10. The average molecular weight is 288 g/mol. The summed E-state index contributed by atoms with van der Waals surface area (Å²) in [6, 6.07) is 7.75. The van der Waals surface area contributed by atoms with Gasteiger partial charge < -0.3 is 19.1 Å². The molecule has 0 aliphatic carbocycles. The van der Waals surface area contributed by atoms with Crippen LogP contribution in [0.15, 0.2) is 24.3 Å². The van der Waals surface area contributed by atoms with Gasteiger partial charge in [0.25, 0.3) is 0 Å². The van der Waals surface area contributed by atoms with Crippen molar-refractivity contribution in [2.24, 2.45) is 0 Å². The Hall–Kier alpha value is -0.970. The van der Waals surface area contributed by atoms with Crippen LogP contribution in [-0.4, -0.2) is 51.0 Å². The zero-order valence-corrected chi connectivity index (χ0v) is 12.3. The molecule has 1 unspecified atom stereocenters. The van der Waals surface area contributed by atoms with Crippen LogP contribution >= 0.6 is 12.4 Å². The molecule has 0 radical (unpaired) electrons. The fourth-order valence-electron chi connectivity index (χ4n) is 1.99. The van der Waals surface area contributed by atoms with E-state index in [-0.39, 0.29) is 18.5 Å².